The van der Waals surface area contributed by atoms with E-state index < -0.39 is 0 Å². The second-order valence-corrected chi connectivity index (χ2v) is 2.41. The van der Waals surface area contributed by atoms with Gasteiger partial charge in [-0.2, -0.15) is 24.1 Å². The van der Waals surface area contributed by atoms with Gasteiger partial charge in [-0.15, -0.1) is 12.7 Å². The molecule has 0 heteroatoms. The average molecular weight is 133 g/mol. The summed E-state index contributed by atoms with van der Waals surface area (Å²) in [5, 5.41) is 0. The number of hydrogen-bond donors (Lipinski definition) is 0. The largest absolute Gasteiger partial charge is 0.196 e. The maximum atomic E-state index is 3.66. The molecule has 0 bridgehead atoms. The number of hydrogen-bond acceptors (Lipinski definition) is 0. The fourth-order valence-electron chi connectivity index (χ4n) is 1.00. The summed E-state index contributed by atoms with van der Waals surface area (Å²) in [5.41, 5.74) is 1.35. The molecule has 0 aromatic carbocycles. The monoisotopic (exact) mass is 133 g/mol. The van der Waals surface area contributed by atoms with Crippen molar-refractivity contribution in [1.82, 2.24) is 0 Å². The van der Waals surface area contributed by atoms with E-state index in [-0.39, 0.29) is 0 Å². The lowest BCUT2D eigenvalue weighted by molar-refractivity contribution is 0.960. The third kappa shape index (κ3) is 2.14. The Morgan fingerprint density at radius 2 is 2.60 bits per heavy atom. The topological polar surface area (TPSA) is 0 Å². The summed E-state index contributed by atoms with van der Waals surface area (Å²) in [6.07, 6.45) is 14.2. The van der Waals surface area contributed by atoms with Gasteiger partial charge in [0.25, 0.3) is 0 Å². The Morgan fingerprint density at radius 1 is 1.70 bits per heavy atom. The Hall–Kier alpha value is -0.910. The van der Waals surface area contributed by atoms with Crippen molar-refractivity contribution in [3.8, 4) is 0 Å². The maximum absolute atomic E-state index is 3.66. The van der Waals surface area contributed by atoms with Crippen LogP contribution in [-0.4, -0.2) is 0 Å². The summed E-state index contributed by atoms with van der Waals surface area (Å²) >= 11 is 0. The van der Waals surface area contributed by atoms with Crippen LogP contribution in [0.2, 0.25) is 0 Å². The zero-order chi connectivity index (χ0) is 7.23. The summed E-state index contributed by atoms with van der Waals surface area (Å²) in [7, 11) is 0. The van der Waals surface area contributed by atoms with Crippen molar-refractivity contribution in [2.45, 2.75) is 19.3 Å². The lowest BCUT2D eigenvalue weighted by Crippen LogP contribution is -1.86. The molecule has 0 heterocycles. The van der Waals surface area contributed by atoms with E-state index in [2.05, 4.69) is 31.2 Å². The van der Waals surface area contributed by atoms with Crippen LogP contribution in [0.4, 0.5) is 0 Å². The second kappa shape index (κ2) is 3.99. The van der Waals surface area contributed by atoms with Gasteiger partial charge < -0.3 is 0 Å². The Balaban J connectivity index is 2.45. The molecule has 0 nitrogen and oxygen atoms in total. The molecule has 10 heavy (non-hydrogen) atoms. The lowest BCUT2D eigenvalue weighted by atomic mass is 10.0. The predicted octanol–water partition coefficient (Wildman–Crippen LogP) is 3.04. The van der Waals surface area contributed by atoms with Gasteiger partial charge in [0, 0.05) is 0 Å². The van der Waals surface area contributed by atoms with E-state index in [1.165, 1.54) is 18.4 Å². The van der Waals surface area contributed by atoms with Crippen LogP contribution < -0.4 is 0 Å². The summed E-state index contributed by atoms with van der Waals surface area (Å²) < 4.78 is 0. The molecule has 1 aliphatic rings. The molecule has 0 saturated heterocycles. The highest BCUT2D eigenvalue weighted by Gasteiger charge is 1.86. The third-order valence-electron chi connectivity index (χ3n) is 1.54. The summed E-state index contributed by atoms with van der Waals surface area (Å²) in [6.45, 7) is 3.66. The molecular formula is C10H13-. The molecule has 0 spiro atoms. The Labute approximate surface area is 62.9 Å². The summed E-state index contributed by atoms with van der Waals surface area (Å²) in [5.74, 6) is 0. The number of allylic oxidation sites excluding steroid dienone is 5. The zero-order valence-electron chi connectivity index (χ0n) is 6.22. The van der Waals surface area contributed by atoms with Gasteiger partial charge in [0.1, 0.15) is 0 Å². The first-order valence-corrected chi connectivity index (χ1v) is 3.74. The van der Waals surface area contributed by atoms with Crippen molar-refractivity contribution in [3.05, 3.63) is 42.9 Å². The van der Waals surface area contributed by atoms with Gasteiger partial charge in [-0.25, -0.2) is 0 Å². The van der Waals surface area contributed by atoms with Crippen LogP contribution in [0.3, 0.4) is 0 Å². The first kappa shape index (κ1) is 7.20. The zero-order valence-corrected chi connectivity index (χ0v) is 6.22. The van der Waals surface area contributed by atoms with Gasteiger partial charge in [0.05, 0.1) is 0 Å². The molecule has 54 valence electrons. The Bertz CT molecular complexity index is 161. The molecule has 0 N–H and O–H groups in total. The predicted molar refractivity (Wildman–Crippen MR) is 45.6 cm³/mol. The van der Waals surface area contributed by atoms with E-state index >= 15 is 0 Å². The van der Waals surface area contributed by atoms with E-state index in [1.807, 2.05) is 6.08 Å². The minimum atomic E-state index is 0.982. The smallest absolute Gasteiger partial charge is 0.0531 e. The quantitative estimate of drug-likeness (QED) is 0.401. The van der Waals surface area contributed by atoms with Crippen LogP contribution >= 0.6 is 0 Å². The van der Waals surface area contributed by atoms with Gasteiger partial charge in [0.15, 0.2) is 0 Å². The highest BCUT2D eigenvalue weighted by molar-refractivity contribution is 5.30. The molecule has 1 rings (SSSR count). The fraction of sp³-hybridized carbons (Fsp3) is 0.300. The van der Waals surface area contributed by atoms with E-state index in [4.69, 9.17) is 0 Å². The van der Waals surface area contributed by atoms with E-state index in [0.717, 1.165) is 6.42 Å². The molecular weight excluding hydrogens is 120 g/mol. The first-order chi connectivity index (χ1) is 4.93. The Morgan fingerprint density at radius 3 is 3.20 bits per heavy atom. The number of rotatable bonds is 2. The van der Waals surface area contributed by atoms with Crippen molar-refractivity contribution < 1.29 is 0 Å². The SMILES string of the molecule is C=CCC=C1C=CCC[CH-]1. The van der Waals surface area contributed by atoms with Crippen LogP contribution in [0.15, 0.2) is 36.5 Å². The average Bonchev–Trinajstić information content (AvgIpc) is 2.03. The van der Waals surface area contributed by atoms with Gasteiger partial charge in [-0.3, -0.25) is 0 Å². The van der Waals surface area contributed by atoms with Crippen LogP contribution in [0, 0.1) is 6.42 Å². The van der Waals surface area contributed by atoms with Crippen LogP contribution in [-0.2, 0) is 0 Å². The Kier molecular flexibility index (Phi) is 2.88. The van der Waals surface area contributed by atoms with E-state index in [9.17, 15) is 0 Å². The highest BCUT2D eigenvalue weighted by atomic mass is 14.0. The van der Waals surface area contributed by atoms with E-state index in [1.54, 1.807) is 0 Å². The van der Waals surface area contributed by atoms with E-state index in [0.29, 0.717) is 0 Å². The first-order valence-electron chi connectivity index (χ1n) is 3.74. The molecule has 0 amide bonds. The summed E-state index contributed by atoms with van der Waals surface area (Å²) in [6, 6.07) is 0. The molecule has 0 unspecified atom stereocenters. The van der Waals surface area contributed by atoms with Crippen molar-refractivity contribution >= 4 is 0 Å². The second-order valence-electron chi connectivity index (χ2n) is 2.41. The van der Waals surface area contributed by atoms with Crippen LogP contribution in [0.25, 0.3) is 0 Å². The normalized spacial score (nSPS) is 20.6. The molecule has 0 radical (unpaired) electrons. The minimum absolute atomic E-state index is 0.982. The fourth-order valence-corrected chi connectivity index (χ4v) is 1.00. The minimum Gasteiger partial charge on any atom is -0.196 e. The molecule has 0 fully saturated rings. The molecule has 0 saturated carbocycles. The maximum Gasteiger partial charge on any atom is -0.0531 e. The standard InChI is InChI=1S/C10H13/c1-2-3-7-10-8-5-4-6-9-10/h2,5,7-9H,1,3-4,6H2/q-1. The van der Waals surface area contributed by atoms with Gasteiger partial charge in [-0.1, -0.05) is 25.3 Å². The van der Waals surface area contributed by atoms with Gasteiger partial charge in [0.2, 0.25) is 0 Å². The molecule has 0 atom stereocenters. The third-order valence-corrected chi connectivity index (χ3v) is 1.54. The molecule has 1 aliphatic carbocycles. The highest BCUT2D eigenvalue weighted by Crippen LogP contribution is 2.14. The van der Waals surface area contributed by atoms with Crippen molar-refractivity contribution in [3.63, 3.8) is 0 Å². The van der Waals surface area contributed by atoms with Crippen LogP contribution in [0.5, 0.6) is 0 Å². The van der Waals surface area contributed by atoms with Gasteiger partial charge in [-0.05, 0) is 0 Å². The van der Waals surface area contributed by atoms with Crippen molar-refractivity contribution in [2.75, 3.05) is 0 Å². The molecule has 0 aromatic heterocycles. The van der Waals surface area contributed by atoms with Crippen LogP contribution in [0.1, 0.15) is 19.3 Å². The van der Waals surface area contributed by atoms with Crippen molar-refractivity contribution in [1.29, 1.82) is 0 Å². The van der Waals surface area contributed by atoms with Crippen molar-refractivity contribution in [2.24, 2.45) is 0 Å². The summed E-state index contributed by atoms with van der Waals surface area (Å²) in [4.78, 5) is 0. The lowest BCUT2D eigenvalue weighted by Gasteiger charge is -2.15. The molecule has 0 aliphatic heterocycles. The van der Waals surface area contributed by atoms with Gasteiger partial charge >= 0.3 is 0 Å². The molecule has 0 aromatic rings.